The van der Waals surface area contributed by atoms with Crippen molar-refractivity contribution in [3.8, 4) is 0 Å². The van der Waals surface area contributed by atoms with Gasteiger partial charge in [0.15, 0.2) is 11.5 Å². The maximum atomic E-state index is 12.5. The second kappa shape index (κ2) is 8.62. The van der Waals surface area contributed by atoms with Gasteiger partial charge in [0.05, 0.1) is 17.6 Å². The maximum absolute atomic E-state index is 12.5. The molecule has 0 N–H and O–H groups in total. The van der Waals surface area contributed by atoms with E-state index in [0.717, 1.165) is 11.9 Å². The van der Waals surface area contributed by atoms with E-state index in [-0.39, 0.29) is 18.2 Å². The summed E-state index contributed by atoms with van der Waals surface area (Å²) < 4.78 is 5.19. The minimum atomic E-state index is -0.475. The molecule has 142 valence electrons. The van der Waals surface area contributed by atoms with Crippen LogP contribution in [-0.2, 0) is 9.53 Å². The Balaban J connectivity index is 1.93. The van der Waals surface area contributed by atoms with Gasteiger partial charge in [-0.05, 0) is 38.5 Å². The first-order valence-electron chi connectivity index (χ1n) is 9.24. The Hall–Kier alpha value is -2.96. The van der Waals surface area contributed by atoms with Crippen LogP contribution in [0.1, 0.15) is 30.8 Å². The van der Waals surface area contributed by atoms with E-state index in [1.165, 1.54) is 0 Å². The molecule has 1 amide bonds. The van der Waals surface area contributed by atoms with E-state index in [1.807, 2.05) is 41.0 Å². The van der Waals surface area contributed by atoms with Crippen LogP contribution in [0, 0.1) is 0 Å². The first-order chi connectivity index (χ1) is 13.1. The number of carbonyl (C=O) groups is 2. The van der Waals surface area contributed by atoms with Gasteiger partial charge in [0.25, 0.3) is 0 Å². The van der Waals surface area contributed by atoms with Crippen molar-refractivity contribution in [3.05, 3.63) is 42.1 Å². The molecule has 3 rings (SSSR count). The molecule has 2 heterocycles. The molecule has 1 aliphatic heterocycles. The summed E-state index contributed by atoms with van der Waals surface area (Å²) in [6, 6.07) is 7.46. The third kappa shape index (κ3) is 4.24. The molecule has 1 aliphatic rings. The number of fused-ring (bicyclic) bond motifs is 1. The predicted molar refractivity (Wildman–Crippen MR) is 104 cm³/mol. The molecule has 7 nitrogen and oxygen atoms in total. The van der Waals surface area contributed by atoms with Gasteiger partial charge in [0.1, 0.15) is 0 Å². The Bertz CT molecular complexity index is 865. The molecule has 1 aromatic heterocycles. The lowest BCUT2D eigenvalue weighted by molar-refractivity contribution is -0.125. The Morgan fingerprint density at radius 3 is 2.56 bits per heavy atom. The van der Waals surface area contributed by atoms with Gasteiger partial charge in [-0.15, -0.1) is 0 Å². The molecule has 7 heteroatoms. The molecule has 1 saturated heterocycles. The molecular weight excluding hydrogens is 344 g/mol. The number of nitrogens with zero attached hydrogens (tertiary/aromatic N) is 4. The van der Waals surface area contributed by atoms with Crippen LogP contribution in [0.5, 0.6) is 0 Å². The number of esters is 1. The molecular formula is C20H24N4O3. The van der Waals surface area contributed by atoms with E-state index < -0.39 is 5.97 Å². The van der Waals surface area contributed by atoms with Crippen LogP contribution < -0.4 is 4.90 Å². The number of aromatic nitrogens is 2. The third-order valence-electron chi connectivity index (χ3n) is 4.44. The molecule has 0 radical (unpaired) electrons. The minimum absolute atomic E-state index is 0.00885. The van der Waals surface area contributed by atoms with Gasteiger partial charge in [0.2, 0.25) is 5.91 Å². The summed E-state index contributed by atoms with van der Waals surface area (Å²) in [6.45, 7) is 6.40. The second-order valence-electron chi connectivity index (χ2n) is 6.27. The number of benzene rings is 1. The van der Waals surface area contributed by atoms with Gasteiger partial charge in [-0.1, -0.05) is 18.2 Å². The van der Waals surface area contributed by atoms with Gasteiger partial charge >= 0.3 is 5.97 Å². The number of hydrogen-bond acceptors (Lipinski definition) is 6. The van der Waals surface area contributed by atoms with Crippen LogP contribution in [0.4, 0.5) is 5.82 Å². The lowest BCUT2D eigenvalue weighted by Crippen LogP contribution is -2.35. The zero-order chi connectivity index (χ0) is 19.2. The summed E-state index contributed by atoms with van der Waals surface area (Å²) in [7, 11) is 0. The summed E-state index contributed by atoms with van der Waals surface area (Å²) in [6.07, 6.45) is 4.12. The average Bonchev–Trinajstić information content (AvgIpc) is 2.93. The number of hydrogen-bond donors (Lipinski definition) is 0. The number of ether oxygens (including phenoxy) is 1. The zero-order valence-electron chi connectivity index (χ0n) is 15.7. The van der Waals surface area contributed by atoms with Crippen molar-refractivity contribution in [1.82, 2.24) is 14.9 Å². The van der Waals surface area contributed by atoms with Gasteiger partial charge in [-0.2, -0.15) is 0 Å². The summed E-state index contributed by atoms with van der Waals surface area (Å²) in [5.74, 6) is 0.0545. The molecule has 27 heavy (non-hydrogen) atoms. The molecule has 0 spiro atoms. The van der Waals surface area contributed by atoms with Crippen LogP contribution in [0.3, 0.4) is 0 Å². The SMILES string of the molecule is C/C=C/C(=O)N1CCCN(c2nc3ccccc3nc2C(=O)OCC)CC1. The highest BCUT2D eigenvalue weighted by atomic mass is 16.5. The van der Waals surface area contributed by atoms with Gasteiger partial charge in [-0.25, -0.2) is 14.8 Å². The van der Waals surface area contributed by atoms with E-state index >= 15 is 0 Å². The van der Waals surface area contributed by atoms with Crippen molar-refractivity contribution in [2.45, 2.75) is 20.3 Å². The van der Waals surface area contributed by atoms with Crippen molar-refractivity contribution in [1.29, 1.82) is 0 Å². The van der Waals surface area contributed by atoms with Gasteiger partial charge < -0.3 is 14.5 Å². The van der Waals surface area contributed by atoms with Crippen molar-refractivity contribution >= 4 is 28.7 Å². The van der Waals surface area contributed by atoms with E-state index in [2.05, 4.69) is 4.98 Å². The number of allylic oxidation sites excluding steroid dienone is 1. The number of carbonyl (C=O) groups excluding carboxylic acids is 2. The largest absolute Gasteiger partial charge is 0.461 e. The van der Waals surface area contributed by atoms with Crippen molar-refractivity contribution in [3.63, 3.8) is 0 Å². The molecule has 0 aliphatic carbocycles. The van der Waals surface area contributed by atoms with E-state index in [9.17, 15) is 9.59 Å². The fourth-order valence-electron chi connectivity index (χ4n) is 3.15. The highest BCUT2D eigenvalue weighted by Gasteiger charge is 2.25. The summed E-state index contributed by atoms with van der Waals surface area (Å²) in [5, 5.41) is 0. The van der Waals surface area contributed by atoms with E-state index in [0.29, 0.717) is 37.5 Å². The van der Waals surface area contributed by atoms with Crippen LogP contribution in [0.2, 0.25) is 0 Å². The lowest BCUT2D eigenvalue weighted by atomic mass is 10.2. The van der Waals surface area contributed by atoms with Crippen LogP contribution in [0.25, 0.3) is 11.0 Å². The van der Waals surface area contributed by atoms with Crippen LogP contribution >= 0.6 is 0 Å². The zero-order valence-corrected chi connectivity index (χ0v) is 15.7. The van der Waals surface area contributed by atoms with Gasteiger partial charge in [0, 0.05) is 26.2 Å². The molecule has 1 aromatic carbocycles. The highest BCUT2D eigenvalue weighted by Crippen LogP contribution is 2.23. The van der Waals surface area contributed by atoms with Crippen LogP contribution in [-0.4, -0.2) is 59.5 Å². The molecule has 0 unspecified atom stereocenters. The molecule has 1 fully saturated rings. The maximum Gasteiger partial charge on any atom is 0.360 e. The fourth-order valence-corrected chi connectivity index (χ4v) is 3.15. The Morgan fingerprint density at radius 2 is 1.85 bits per heavy atom. The Labute approximate surface area is 158 Å². The second-order valence-corrected chi connectivity index (χ2v) is 6.27. The van der Waals surface area contributed by atoms with E-state index in [1.54, 1.807) is 19.1 Å². The Morgan fingerprint density at radius 1 is 1.11 bits per heavy atom. The van der Waals surface area contributed by atoms with Gasteiger partial charge in [-0.3, -0.25) is 4.79 Å². The number of amides is 1. The molecule has 0 saturated carbocycles. The van der Waals surface area contributed by atoms with Crippen LogP contribution in [0.15, 0.2) is 36.4 Å². The number of rotatable bonds is 4. The standard InChI is InChI=1S/C20H24N4O3/c1-3-8-17(25)23-11-7-12-24(14-13-23)19-18(20(26)27-4-2)21-15-9-5-6-10-16(15)22-19/h3,5-6,8-10H,4,7,11-14H2,1-2H3/b8-3+. The summed E-state index contributed by atoms with van der Waals surface area (Å²) in [5.41, 5.74) is 1.61. The van der Waals surface area contributed by atoms with Crippen molar-refractivity contribution in [2.24, 2.45) is 0 Å². The van der Waals surface area contributed by atoms with E-state index in [4.69, 9.17) is 9.72 Å². The first-order valence-corrected chi connectivity index (χ1v) is 9.24. The molecule has 0 bridgehead atoms. The highest BCUT2D eigenvalue weighted by molar-refractivity contribution is 5.95. The quantitative estimate of drug-likeness (QED) is 0.609. The normalized spacial score (nSPS) is 15.2. The summed E-state index contributed by atoms with van der Waals surface area (Å²) >= 11 is 0. The topological polar surface area (TPSA) is 75.6 Å². The predicted octanol–water partition coefficient (Wildman–Crippen LogP) is 2.42. The minimum Gasteiger partial charge on any atom is -0.461 e. The lowest BCUT2D eigenvalue weighted by Gasteiger charge is -2.24. The smallest absolute Gasteiger partial charge is 0.360 e. The van der Waals surface area contributed by atoms with Crippen molar-refractivity contribution in [2.75, 3.05) is 37.7 Å². The third-order valence-corrected chi connectivity index (χ3v) is 4.44. The fraction of sp³-hybridized carbons (Fsp3) is 0.400. The number of para-hydroxylation sites is 2. The first kappa shape index (κ1) is 18.8. The molecule has 0 atom stereocenters. The Kier molecular flexibility index (Phi) is 6.01. The van der Waals surface area contributed by atoms with Crippen molar-refractivity contribution < 1.29 is 14.3 Å². The summed E-state index contributed by atoms with van der Waals surface area (Å²) in [4.78, 5) is 37.7. The number of anilines is 1. The average molecular weight is 368 g/mol. The molecule has 2 aromatic rings. The monoisotopic (exact) mass is 368 g/mol.